The molecule has 4 heteroatoms. The third-order valence-electron chi connectivity index (χ3n) is 3.85. The number of ether oxygens (including phenoxy) is 2. The van der Waals surface area contributed by atoms with Gasteiger partial charge in [-0.1, -0.05) is 6.07 Å². The van der Waals surface area contributed by atoms with E-state index in [0.29, 0.717) is 6.54 Å². The number of nitrogens with two attached hydrogens (primary N) is 1. The standard InChI is InChI=1S/C16H26N2O2/c1-13-4-5-15(10-14(13)2)19-8-3-6-18-7-9-20-16(11-17)12-18/h4-5,10,16H,3,6-9,11-12,17H2,1-2H3. The molecule has 0 bridgehead atoms. The predicted molar refractivity (Wildman–Crippen MR) is 81.3 cm³/mol. The summed E-state index contributed by atoms with van der Waals surface area (Å²) in [6, 6.07) is 6.26. The lowest BCUT2D eigenvalue weighted by atomic mass is 10.1. The molecule has 0 spiro atoms. The normalized spacial score (nSPS) is 20.1. The number of morpholine rings is 1. The van der Waals surface area contributed by atoms with E-state index < -0.39 is 0 Å². The van der Waals surface area contributed by atoms with Crippen LogP contribution in [0.1, 0.15) is 17.5 Å². The van der Waals surface area contributed by atoms with Crippen LogP contribution in [0.15, 0.2) is 18.2 Å². The molecule has 1 atom stereocenters. The van der Waals surface area contributed by atoms with Gasteiger partial charge in [0.2, 0.25) is 0 Å². The molecule has 0 saturated carbocycles. The molecular weight excluding hydrogens is 252 g/mol. The molecule has 2 N–H and O–H groups in total. The molecule has 1 unspecified atom stereocenters. The quantitative estimate of drug-likeness (QED) is 0.805. The summed E-state index contributed by atoms with van der Waals surface area (Å²) < 4.78 is 11.4. The van der Waals surface area contributed by atoms with Crippen LogP contribution >= 0.6 is 0 Å². The molecule has 1 aromatic rings. The minimum Gasteiger partial charge on any atom is -0.494 e. The van der Waals surface area contributed by atoms with Gasteiger partial charge in [0.25, 0.3) is 0 Å². The summed E-state index contributed by atoms with van der Waals surface area (Å²) >= 11 is 0. The summed E-state index contributed by atoms with van der Waals surface area (Å²) in [7, 11) is 0. The maximum absolute atomic E-state index is 5.80. The summed E-state index contributed by atoms with van der Waals surface area (Å²) in [6.45, 7) is 9.38. The smallest absolute Gasteiger partial charge is 0.119 e. The first-order valence-electron chi connectivity index (χ1n) is 7.43. The Kier molecular flexibility index (Phi) is 5.83. The maximum atomic E-state index is 5.80. The van der Waals surface area contributed by atoms with Crippen molar-refractivity contribution in [3.63, 3.8) is 0 Å². The fraction of sp³-hybridized carbons (Fsp3) is 0.625. The van der Waals surface area contributed by atoms with Crippen molar-refractivity contribution in [3.8, 4) is 5.75 Å². The lowest BCUT2D eigenvalue weighted by Crippen LogP contribution is -2.46. The van der Waals surface area contributed by atoms with Gasteiger partial charge in [0.05, 0.1) is 19.3 Å². The molecule has 0 aromatic heterocycles. The van der Waals surface area contributed by atoms with Gasteiger partial charge in [0.15, 0.2) is 0 Å². The molecule has 1 fully saturated rings. The van der Waals surface area contributed by atoms with Crippen molar-refractivity contribution in [2.24, 2.45) is 5.73 Å². The van der Waals surface area contributed by atoms with Crippen LogP contribution in [0.4, 0.5) is 0 Å². The largest absolute Gasteiger partial charge is 0.494 e. The van der Waals surface area contributed by atoms with E-state index in [0.717, 1.165) is 45.0 Å². The third kappa shape index (κ3) is 4.47. The summed E-state index contributed by atoms with van der Waals surface area (Å²) in [5.41, 5.74) is 8.23. The van der Waals surface area contributed by atoms with E-state index in [9.17, 15) is 0 Å². The van der Waals surface area contributed by atoms with Gasteiger partial charge in [-0.05, 0) is 43.5 Å². The summed E-state index contributed by atoms with van der Waals surface area (Å²) in [5.74, 6) is 0.968. The Morgan fingerprint density at radius 1 is 1.35 bits per heavy atom. The van der Waals surface area contributed by atoms with Crippen LogP contribution in [0.3, 0.4) is 0 Å². The Labute approximate surface area is 121 Å². The number of aryl methyl sites for hydroxylation is 2. The Morgan fingerprint density at radius 3 is 2.95 bits per heavy atom. The molecule has 4 nitrogen and oxygen atoms in total. The van der Waals surface area contributed by atoms with Gasteiger partial charge in [-0.2, -0.15) is 0 Å². The first kappa shape index (κ1) is 15.3. The van der Waals surface area contributed by atoms with Crippen LogP contribution in [0.25, 0.3) is 0 Å². The number of nitrogens with zero attached hydrogens (tertiary/aromatic N) is 1. The molecular formula is C16H26N2O2. The fourth-order valence-corrected chi connectivity index (χ4v) is 2.41. The van der Waals surface area contributed by atoms with Crippen molar-refractivity contribution in [1.29, 1.82) is 0 Å². The second kappa shape index (κ2) is 7.62. The highest BCUT2D eigenvalue weighted by Gasteiger charge is 2.18. The van der Waals surface area contributed by atoms with Gasteiger partial charge in [-0.15, -0.1) is 0 Å². The fourth-order valence-electron chi connectivity index (χ4n) is 2.41. The molecule has 1 aliphatic rings. The summed E-state index contributed by atoms with van der Waals surface area (Å²) in [4.78, 5) is 2.41. The number of hydrogen-bond acceptors (Lipinski definition) is 4. The molecule has 20 heavy (non-hydrogen) atoms. The van der Waals surface area contributed by atoms with Crippen molar-refractivity contribution in [3.05, 3.63) is 29.3 Å². The monoisotopic (exact) mass is 278 g/mol. The number of hydrogen-bond donors (Lipinski definition) is 1. The highest BCUT2D eigenvalue weighted by atomic mass is 16.5. The van der Waals surface area contributed by atoms with E-state index in [2.05, 4.69) is 30.9 Å². The molecule has 0 amide bonds. The molecule has 2 rings (SSSR count). The number of rotatable bonds is 6. The zero-order valence-electron chi connectivity index (χ0n) is 12.6. The maximum Gasteiger partial charge on any atom is 0.119 e. The molecule has 1 saturated heterocycles. The minimum atomic E-state index is 0.199. The minimum absolute atomic E-state index is 0.199. The van der Waals surface area contributed by atoms with Crippen molar-refractivity contribution in [1.82, 2.24) is 4.90 Å². The zero-order chi connectivity index (χ0) is 14.4. The molecule has 0 radical (unpaired) electrons. The van der Waals surface area contributed by atoms with Crippen molar-refractivity contribution >= 4 is 0 Å². The highest BCUT2D eigenvalue weighted by Crippen LogP contribution is 2.16. The van der Waals surface area contributed by atoms with Crippen LogP contribution in [-0.4, -0.2) is 50.4 Å². The summed E-state index contributed by atoms with van der Waals surface area (Å²) in [5, 5.41) is 0. The van der Waals surface area contributed by atoms with Crippen LogP contribution in [0.5, 0.6) is 5.75 Å². The number of benzene rings is 1. The predicted octanol–water partition coefficient (Wildman–Crippen LogP) is 1.73. The third-order valence-corrected chi connectivity index (χ3v) is 3.85. The van der Waals surface area contributed by atoms with Gasteiger partial charge < -0.3 is 15.2 Å². The van der Waals surface area contributed by atoms with Crippen molar-refractivity contribution in [2.75, 3.05) is 39.4 Å². The first-order chi connectivity index (χ1) is 9.69. The van der Waals surface area contributed by atoms with Gasteiger partial charge >= 0.3 is 0 Å². The van der Waals surface area contributed by atoms with Gasteiger partial charge in [-0.25, -0.2) is 0 Å². The SMILES string of the molecule is Cc1ccc(OCCCN2CCOC(CN)C2)cc1C. The van der Waals surface area contributed by atoms with E-state index in [1.54, 1.807) is 0 Å². The average molecular weight is 278 g/mol. The van der Waals surface area contributed by atoms with E-state index in [1.165, 1.54) is 11.1 Å². The van der Waals surface area contributed by atoms with Crippen LogP contribution in [-0.2, 0) is 4.74 Å². The van der Waals surface area contributed by atoms with E-state index in [1.807, 2.05) is 6.07 Å². The van der Waals surface area contributed by atoms with Crippen LogP contribution < -0.4 is 10.5 Å². The van der Waals surface area contributed by atoms with E-state index in [4.69, 9.17) is 15.2 Å². The lowest BCUT2D eigenvalue weighted by Gasteiger charge is -2.32. The molecule has 1 aromatic carbocycles. The van der Waals surface area contributed by atoms with Gasteiger partial charge in [-0.3, -0.25) is 4.90 Å². The van der Waals surface area contributed by atoms with Gasteiger partial charge in [0.1, 0.15) is 5.75 Å². The van der Waals surface area contributed by atoms with Crippen LogP contribution in [0.2, 0.25) is 0 Å². The van der Waals surface area contributed by atoms with Crippen LogP contribution in [0, 0.1) is 13.8 Å². The lowest BCUT2D eigenvalue weighted by molar-refractivity contribution is -0.0241. The second-order valence-electron chi connectivity index (χ2n) is 5.48. The van der Waals surface area contributed by atoms with E-state index >= 15 is 0 Å². The molecule has 112 valence electrons. The Bertz CT molecular complexity index is 423. The van der Waals surface area contributed by atoms with Crippen molar-refractivity contribution < 1.29 is 9.47 Å². The summed E-state index contributed by atoms with van der Waals surface area (Å²) in [6.07, 6.45) is 1.23. The highest BCUT2D eigenvalue weighted by molar-refractivity contribution is 5.33. The zero-order valence-corrected chi connectivity index (χ0v) is 12.6. The second-order valence-corrected chi connectivity index (χ2v) is 5.48. The topological polar surface area (TPSA) is 47.7 Å². The Hall–Kier alpha value is -1.10. The average Bonchev–Trinajstić information content (AvgIpc) is 2.47. The Morgan fingerprint density at radius 2 is 2.20 bits per heavy atom. The van der Waals surface area contributed by atoms with Gasteiger partial charge in [0, 0.05) is 26.2 Å². The Balaban J connectivity index is 1.67. The molecule has 1 heterocycles. The molecule has 0 aliphatic carbocycles. The molecule has 1 aliphatic heterocycles. The van der Waals surface area contributed by atoms with E-state index in [-0.39, 0.29) is 6.10 Å². The first-order valence-corrected chi connectivity index (χ1v) is 7.43. The van der Waals surface area contributed by atoms with Crippen molar-refractivity contribution in [2.45, 2.75) is 26.4 Å².